The quantitative estimate of drug-likeness (QED) is 0.557. The standard InChI is InChI=1S/C13H22BNO2/c1-3-4-5-6-7-8-12-9-10-15-11(2)13(12)14(16)17/h9-10,16-17H,3-8H2,1-2H3. The molecule has 0 spiro atoms. The van der Waals surface area contributed by atoms with Crippen LogP contribution in [0.5, 0.6) is 0 Å². The summed E-state index contributed by atoms with van der Waals surface area (Å²) in [7, 11) is -1.41. The second-order valence-electron chi connectivity index (χ2n) is 4.51. The second kappa shape index (κ2) is 7.46. The molecule has 3 nitrogen and oxygen atoms in total. The van der Waals surface area contributed by atoms with Crippen molar-refractivity contribution in [2.75, 3.05) is 0 Å². The highest BCUT2D eigenvalue weighted by molar-refractivity contribution is 6.59. The van der Waals surface area contributed by atoms with Crippen LogP contribution < -0.4 is 5.46 Å². The van der Waals surface area contributed by atoms with Gasteiger partial charge < -0.3 is 10.0 Å². The zero-order valence-corrected chi connectivity index (χ0v) is 10.8. The van der Waals surface area contributed by atoms with E-state index in [0.29, 0.717) is 11.2 Å². The topological polar surface area (TPSA) is 53.4 Å². The smallest absolute Gasteiger partial charge is 0.423 e. The maximum absolute atomic E-state index is 9.34. The molecule has 0 saturated heterocycles. The van der Waals surface area contributed by atoms with Crippen molar-refractivity contribution >= 4 is 12.6 Å². The van der Waals surface area contributed by atoms with Gasteiger partial charge in [-0.1, -0.05) is 32.6 Å². The zero-order valence-electron chi connectivity index (χ0n) is 10.8. The lowest BCUT2D eigenvalue weighted by Gasteiger charge is -2.10. The van der Waals surface area contributed by atoms with Gasteiger partial charge in [0, 0.05) is 17.4 Å². The van der Waals surface area contributed by atoms with Crippen LogP contribution in [0.15, 0.2) is 12.3 Å². The molecule has 94 valence electrons. The molecule has 1 aromatic rings. The Kier molecular flexibility index (Phi) is 6.23. The molecule has 2 N–H and O–H groups in total. The van der Waals surface area contributed by atoms with Crippen LogP contribution in [0.1, 0.15) is 50.3 Å². The Bertz CT molecular complexity index is 342. The van der Waals surface area contributed by atoms with Gasteiger partial charge in [-0.2, -0.15) is 0 Å². The lowest BCUT2D eigenvalue weighted by molar-refractivity contribution is 0.425. The van der Waals surface area contributed by atoms with E-state index in [1.54, 1.807) is 6.20 Å². The first-order valence-corrected chi connectivity index (χ1v) is 6.47. The predicted molar refractivity (Wildman–Crippen MR) is 71.3 cm³/mol. The number of unbranched alkanes of at least 4 members (excludes halogenated alkanes) is 4. The molecule has 0 aliphatic heterocycles. The van der Waals surface area contributed by atoms with E-state index in [-0.39, 0.29) is 0 Å². The lowest BCUT2D eigenvalue weighted by Crippen LogP contribution is -2.36. The summed E-state index contributed by atoms with van der Waals surface area (Å²) in [5, 5.41) is 18.7. The molecule has 0 saturated carbocycles. The summed E-state index contributed by atoms with van der Waals surface area (Å²) in [5.74, 6) is 0. The molecule has 0 unspecified atom stereocenters. The Hall–Kier alpha value is -0.865. The fourth-order valence-corrected chi connectivity index (χ4v) is 2.12. The van der Waals surface area contributed by atoms with E-state index in [1.165, 1.54) is 25.7 Å². The lowest BCUT2D eigenvalue weighted by atomic mass is 9.75. The van der Waals surface area contributed by atoms with Gasteiger partial charge in [-0.3, -0.25) is 4.98 Å². The molecule has 1 aromatic heterocycles. The Labute approximate surface area is 104 Å². The van der Waals surface area contributed by atoms with E-state index in [4.69, 9.17) is 0 Å². The maximum atomic E-state index is 9.34. The second-order valence-corrected chi connectivity index (χ2v) is 4.51. The Balaban J connectivity index is 2.55. The highest BCUT2D eigenvalue weighted by Gasteiger charge is 2.18. The van der Waals surface area contributed by atoms with Crippen LogP contribution in [0.2, 0.25) is 0 Å². The Morgan fingerprint density at radius 1 is 1.18 bits per heavy atom. The molecule has 1 heterocycles. The van der Waals surface area contributed by atoms with Crippen LogP contribution in [0, 0.1) is 6.92 Å². The summed E-state index contributed by atoms with van der Waals surface area (Å²) in [6.07, 6.45) is 8.74. The summed E-state index contributed by atoms with van der Waals surface area (Å²) >= 11 is 0. The fourth-order valence-electron chi connectivity index (χ4n) is 2.12. The maximum Gasteiger partial charge on any atom is 0.490 e. The van der Waals surface area contributed by atoms with E-state index in [2.05, 4.69) is 11.9 Å². The van der Waals surface area contributed by atoms with E-state index in [0.717, 1.165) is 18.4 Å². The number of hydrogen-bond donors (Lipinski definition) is 2. The van der Waals surface area contributed by atoms with Crippen molar-refractivity contribution in [3.8, 4) is 0 Å². The predicted octanol–water partition coefficient (Wildman–Crippen LogP) is 1.58. The van der Waals surface area contributed by atoms with Crippen LogP contribution in [0.3, 0.4) is 0 Å². The molecule has 17 heavy (non-hydrogen) atoms. The molecule has 0 bridgehead atoms. The van der Waals surface area contributed by atoms with Gasteiger partial charge in [0.1, 0.15) is 0 Å². The van der Waals surface area contributed by atoms with E-state index in [9.17, 15) is 10.0 Å². The van der Waals surface area contributed by atoms with Crippen LogP contribution in [0.25, 0.3) is 0 Å². The van der Waals surface area contributed by atoms with Gasteiger partial charge in [0.25, 0.3) is 0 Å². The third kappa shape index (κ3) is 4.48. The minimum Gasteiger partial charge on any atom is -0.423 e. The highest BCUT2D eigenvalue weighted by Crippen LogP contribution is 2.08. The number of hydrogen-bond acceptors (Lipinski definition) is 3. The molecular weight excluding hydrogens is 213 g/mol. The summed E-state index contributed by atoms with van der Waals surface area (Å²) in [4.78, 5) is 4.10. The van der Waals surface area contributed by atoms with Gasteiger partial charge >= 0.3 is 7.12 Å². The van der Waals surface area contributed by atoms with E-state index in [1.807, 2.05) is 13.0 Å². The Morgan fingerprint density at radius 2 is 1.88 bits per heavy atom. The Morgan fingerprint density at radius 3 is 2.53 bits per heavy atom. The van der Waals surface area contributed by atoms with Crippen molar-refractivity contribution in [1.29, 1.82) is 0 Å². The third-order valence-electron chi connectivity index (χ3n) is 3.09. The minimum atomic E-state index is -1.41. The third-order valence-corrected chi connectivity index (χ3v) is 3.09. The van der Waals surface area contributed by atoms with Crippen molar-refractivity contribution < 1.29 is 10.0 Å². The molecule has 0 aliphatic carbocycles. The highest BCUT2D eigenvalue weighted by atomic mass is 16.4. The van der Waals surface area contributed by atoms with Crippen LogP contribution in [-0.4, -0.2) is 22.2 Å². The summed E-state index contributed by atoms with van der Waals surface area (Å²) in [6, 6.07) is 1.89. The molecule has 0 aromatic carbocycles. The van der Waals surface area contributed by atoms with Crippen molar-refractivity contribution in [2.24, 2.45) is 0 Å². The summed E-state index contributed by atoms with van der Waals surface area (Å²) < 4.78 is 0. The van der Waals surface area contributed by atoms with Gasteiger partial charge in [-0.05, 0) is 31.4 Å². The molecule has 1 rings (SSSR count). The minimum absolute atomic E-state index is 0.586. The largest absolute Gasteiger partial charge is 0.490 e. The molecule has 0 aliphatic rings. The van der Waals surface area contributed by atoms with Gasteiger partial charge in [0.05, 0.1) is 0 Å². The molecule has 0 fully saturated rings. The molecule has 4 heteroatoms. The van der Waals surface area contributed by atoms with Gasteiger partial charge in [0.2, 0.25) is 0 Å². The monoisotopic (exact) mass is 235 g/mol. The molecule has 0 radical (unpaired) electrons. The van der Waals surface area contributed by atoms with Crippen LogP contribution >= 0.6 is 0 Å². The number of pyridine rings is 1. The first kappa shape index (κ1) is 14.2. The number of rotatable bonds is 7. The van der Waals surface area contributed by atoms with Gasteiger partial charge in [-0.15, -0.1) is 0 Å². The average molecular weight is 235 g/mol. The van der Waals surface area contributed by atoms with Crippen LogP contribution in [-0.2, 0) is 6.42 Å². The summed E-state index contributed by atoms with van der Waals surface area (Å²) in [5.41, 5.74) is 2.32. The van der Waals surface area contributed by atoms with Gasteiger partial charge in [0.15, 0.2) is 0 Å². The zero-order chi connectivity index (χ0) is 12.7. The molecular formula is C13H22BNO2. The number of nitrogens with zero attached hydrogens (tertiary/aromatic N) is 1. The van der Waals surface area contributed by atoms with Crippen LogP contribution in [0.4, 0.5) is 0 Å². The van der Waals surface area contributed by atoms with Crippen molar-refractivity contribution in [1.82, 2.24) is 4.98 Å². The number of aromatic nitrogens is 1. The van der Waals surface area contributed by atoms with Gasteiger partial charge in [-0.25, -0.2) is 0 Å². The van der Waals surface area contributed by atoms with Crippen molar-refractivity contribution in [2.45, 2.75) is 52.4 Å². The molecule has 0 amide bonds. The summed E-state index contributed by atoms with van der Waals surface area (Å²) in [6.45, 7) is 4.02. The van der Waals surface area contributed by atoms with E-state index >= 15 is 0 Å². The van der Waals surface area contributed by atoms with Crippen molar-refractivity contribution in [3.63, 3.8) is 0 Å². The first-order chi connectivity index (χ1) is 8.16. The fraction of sp³-hybridized carbons (Fsp3) is 0.615. The number of aryl methyl sites for hydroxylation is 2. The molecule has 0 atom stereocenters. The average Bonchev–Trinajstić information content (AvgIpc) is 2.28. The van der Waals surface area contributed by atoms with Crippen molar-refractivity contribution in [3.05, 3.63) is 23.5 Å². The first-order valence-electron chi connectivity index (χ1n) is 6.47. The normalized spacial score (nSPS) is 10.6. The SMILES string of the molecule is CCCCCCCc1ccnc(C)c1B(O)O. The van der Waals surface area contributed by atoms with E-state index < -0.39 is 7.12 Å².